The molecule has 3 rings (SSSR count). The minimum absolute atomic E-state index is 0.116. The molecule has 2 aromatic carbocycles. The van der Waals surface area contributed by atoms with E-state index in [1.54, 1.807) is 24.3 Å². The molecule has 0 bridgehead atoms. The SMILES string of the molecule is CCCS(=O)(=O)N1CCc2ccc(NS(=O)(=O)c3cc(C)c(OCC)c(C)c3)cc2C1. The first-order chi connectivity index (χ1) is 14.6. The van der Waals surface area contributed by atoms with Crippen LogP contribution in [0, 0.1) is 13.8 Å². The van der Waals surface area contributed by atoms with Gasteiger partial charge in [-0.25, -0.2) is 16.8 Å². The molecule has 7 nitrogen and oxygen atoms in total. The second kappa shape index (κ2) is 9.18. The number of fused-ring (bicyclic) bond motifs is 1. The highest BCUT2D eigenvalue weighted by atomic mass is 32.2. The molecule has 0 fully saturated rings. The number of sulfonamides is 2. The zero-order chi connectivity index (χ0) is 22.8. The van der Waals surface area contributed by atoms with Gasteiger partial charge in [0.05, 0.1) is 17.3 Å². The summed E-state index contributed by atoms with van der Waals surface area (Å²) in [5.41, 5.74) is 3.79. The third kappa shape index (κ3) is 5.22. The van der Waals surface area contributed by atoms with E-state index >= 15 is 0 Å². The molecular weight excluding hydrogens is 436 g/mol. The molecule has 0 radical (unpaired) electrons. The lowest BCUT2D eigenvalue weighted by Crippen LogP contribution is -2.37. The third-order valence-corrected chi connectivity index (χ3v) is 8.71. The topological polar surface area (TPSA) is 92.8 Å². The molecule has 0 unspecified atom stereocenters. The first-order valence-corrected chi connectivity index (χ1v) is 13.5. The fourth-order valence-electron chi connectivity index (χ4n) is 3.87. The van der Waals surface area contributed by atoms with Gasteiger partial charge in [-0.15, -0.1) is 0 Å². The Morgan fingerprint density at radius 1 is 1.00 bits per heavy atom. The van der Waals surface area contributed by atoms with E-state index in [2.05, 4.69) is 4.72 Å². The number of hydrogen-bond acceptors (Lipinski definition) is 5. The van der Waals surface area contributed by atoms with Gasteiger partial charge in [0.1, 0.15) is 5.75 Å². The molecule has 31 heavy (non-hydrogen) atoms. The van der Waals surface area contributed by atoms with Crippen LogP contribution in [-0.2, 0) is 33.0 Å². The minimum atomic E-state index is -3.80. The molecule has 0 aromatic heterocycles. The normalized spacial score (nSPS) is 14.8. The predicted octanol–water partition coefficient (Wildman–Crippen LogP) is 3.60. The summed E-state index contributed by atoms with van der Waals surface area (Å²) in [6.45, 7) is 8.58. The molecule has 1 heterocycles. The first-order valence-electron chi connectivity index (χ1n) is 10.4. The second-order valence-corrected chi connectivity index (χ2v) is 11.6. The van der Waals surface area contributed by atoms with Crippen LogP contribution in [0.1, 0.15) is 42.5 Å². The maximum Gasteiger partial charge on any atom is 0.261 e. The molecule has 0 aliphatic carbocycles. The standard InChI is InChI=1S/C22H30N2O5S2/c1-5-11-30(25,26)24-10-9-18-7-8-20(14-19(18)15-24)23-31(27,28)21-12-16(3)22(29-6-2)17(4)13-21/h7-8,12-14,23H,5-6,9-11,15H2,1-4H3. The summed E-state index contributed by atoms with van der Waals surface area (Å²) in [5, 5.41) is 0. The molecule has 0 spiro atoms. The van der Waals surface area contributed by atoms with Crippen LogP contribution >= 0.6 is 0 Å². The highest BCUT2D eigenvalue weighted by molar-refractivity contribution is 7.92. The molecular formula is C22H30N2O5S2. The maximum atomic E-state index is 13.0. The number of anilines is 1. The Balaban J connectivity index is 1.86. The van der Waals surface area contributed by atoms with Crippen molar-refractivity contribution < 1.29 is 21.6 Å². The summed E-state index contributed by atoms with van der Waals surface area (Å²) >= 11 is 0. The quantitative estimate of drug-likeness (QED) is 0.642. The predicted molar refractivity (Wildman–Crippen MR) is 123 cm³/mol. The number of ether oxygens (including phenoxy) is 1. The van der Waals surface area contributed by atoms with Crippen LogP contribution in [0.2, 0.25) is 0 Å². The van der Waals surface area contributed by atoms with Crippen molar-refractivity contribution in [3.63, 3.8) is 0 Å². The molecule has 170 valence electrons. The largest absolute Gasteiger partial charge is 0.493 e. The summed E-state index contributed by atoms with van der Waals surface area (Å²) in [7, 11) is -7.11. The van der Waals surface area contributed by atoms with Crippen LogP contribution in [-0.4, -0.2) is 40.0 Å². The Morgan fingerprint density at radius 2 is 1.68 bits per heavy atom. The smallest absolute Gasteiger partial charge is 0.261 e. The van der Waals surface area contributed by atoms with Crippen molar-refractivity contribution >= 4 is 25.7 Å². The van der Waals surface area contributed by atoms with Gasteiger partial charge in [0.25, 0.3) is 10.0 Å². The van der Waals surface area contributed by atoms with Gasteiger partial charge in [0.15, 0.2) is 0 Å². The second-order valence-electron chi connectivity index (χ2n) is 7.81. The van der Waals surface area contributed by atoms with E-state index in [-0.39, 0.29) is 17.2 Å². The van der Waals surface area contributed by atoms with Crippen molar-refractivity contribution in [2.24, 2.45) is 0 Å². The van der Waals surface area contributed by atoms with Gasteiger partial charge in [-0.05, 0) is 80.1 Å². The van der Waals surface area contributed by atoms with Crippen molar-refractivity contribution in [2.75, 3.05) is 23.6 Å². The summed E-state index contributed by atoms with van der Waals surface area (Å²) in [4.78, 5) is 0.163. The van der Waals surface area contributed by atoms with Gasteiger partial charge in [-0.3, -0.25) is 4.72 Å². The van der Waals surface area contributed by atoms with Gasteiger partial charge < -0.3 is 4.74 Å². The van der Waals surface area contributed by atoms with E-state index in [1.807, 2.05) is 33.8 Å². The fraction of sp³-hybridized carbons (Fsp3) is 0.455. The van der Waals surface area contributed by atoms with Crippen molar-refractivity contribution in [1.82, 2.24) is 4.31 Å². The van der Waals surface area contributed by atoms with Crippen molar-refractivity contribution in [1.29, 1.82) is 0 Å². The lowest BCUT2D eigenvalue weighted by molar-refractivity contribution is 0.335. The van der Waals surface area contributed by atoms with Crippen LogP contribution in [0.3, 0.4) is 0 Å². The lowest BCUT2D eigenvalue weighted by Gasteiger charge is -2.28. The Hall–Kier alpha value is -2.10. The molecule has 0 atom stereocenters. The van der Waals surface area contributed by atoms with Gasteiger partial charge in [0, 0.05) is 18.8 Å². The highest BCUT2D eigenvalue weighted by Crippen LogP contribution is 2.29. The minimum Gasteiger partial charge on any atom is -0.493 e. The number of nitrogens with one attached hydrogen (secondary N) is 1. The molecule has 0 amide bonds. The molecule has 1 aliphatic heterocycles. The lowest BCUT2D eigenvalue weighted by atomic mass is 10.0. The van der Waals surface area contributed by atoms with Gasteiger partial charge in [0.2, 0.25) is 10.0 Å². The first kappa shape index (κ1) is 23.6. The van der Waals surface area contributed by atoms with Crippen LogP contribution in [0.15, 0.2) is 35.2 Å². The summed E-state index contributed by atoms with van der Waals surface area (Å²) < 4.78 is 60.6. The Morgan fingerprint density at radius 3 is 2.29 bits per heavy atom. The molecule has 2 aromatic rings. The number of aryl methyl sites for hydroxylation is 2. The Bertz CT molecular complexity index is 1150. The number of rotatable bonds is 8. The van der Waals surface area contributed by atoms with E-state index in [9.17, 15) is 16.8 Å². The van der Waals surface area contributed by atoms with Crippen molar-refractivity contribution in [2.45, 2.75) is 52.0 Å². The van der Waals surface area contributed by atoms with Crippen molar-refractivity contribution in [3.8, 4) is 5.75 Å². The maximum absolute atomic E-state index is 13.0. The van der Waals surface area contributed by atoms with Crippen LogP contribution in [0.4, 0.5) is 5.69 Å². The van der Waals surface area contributed by atoms with Gasteiger partial charge >= 0.3 is 0 Å². The zero-order valence-corrected chi connectivity index (χ0v) is 20.1. The van der Waals surface area contributed by atoms with E-state index in [0.29, 0.717) is 37.4 Å². The number of benzene rings is 2. The monoisotopic (exact) mass is 466 g/mol. The van der Waals surface area contributed by atoms with E-state index in [4.69, 9.17) is 4.74 Å². The Kier molecular flexibility index (Phi) is 6.98. The van der Waals surface area contributed by atoms with Crippen LogP contribution in [0.5, 0.6) is 5.75 Å². The third-order valence-electron chi connectivity index (χ3n) is 5.32. The van der Waals surface area contributed by atoms with Crippen LogP contribution in [0.25, 0.3) is 0 Å². The molecule has 0 saturated carbocycles. The van der Waals surface area contributed by atoms with Crippen molar-refractivity contribution in [3.05, 3.63) is 52.6 Å². The Labute approximate surface area is 185 Å². The average Bonchev–Trinajstić information content (AvgIpc) is 2.69. The zero-order valence-electron chi connectivity index (χ0n) is 18.4. The van der Waals surface area contributed by atoms with Gasteiger partial charge in [-0.2, -0.15) is 4.31 Å². The molecule has 1 aliphatic rings. The average molecular weight is 467 g/mol. The molecule has 9 heteroatoms. The van der Waals surface area contributed by atoms with E-state index in [0.717, 1.165) is 22.3 Å². The highest BCUT2D eigenvalue weighted by Gasteiger charge is 2.26. The summed E-state index contributed by atoms with van der Waals surface area (Å²) in [6.07, 6.45) is 1.18. The number of nitrogens with zero attached hydrogens (tertiary/aromatic N) is 1. The molecule has 1 N–H and O–H groups in total. The van der Waals surface area contributed by atoms with E-state index in [1.165, 1.54) is 4.31 Å². The summed E-state index contributed by atoms with van der Waals surface area (Å²) in [5.74, 6) is 0.814. The van der Waals surface area contributed by atoms with Crippen LogP contribution < -0.4 is 9.46 Å². The fourth-order valence-corrected chi connectivity index (χ4v) is 6.57. The molecule has 0 saturated heterocycles. The van der Waals surface area contributed by atoms with Gasteiger partial charge in [-0.1, -0.05) is 13.0 Å². The number of hydrogen-bond donors (Lipinski definition) is 1. The van der Waals surface area contributed by atoms with E-state index < -0.39 is 20.0 Å². The summed E-state index contributed by atoms with van der Waals surface area (Å²) in [6, 6.07) is 8.51.